The van der Waals surface area contributed by atoms with E-state index in [9.17, 15) is 4.79 Å². The van der Waals surface area contributed by atoms with E-state index in [0.29, 0.717) is 11.4 Å². The van der Waals surface area contributed by atoms with Crippen LogP contribution in [0.15, 0.2) is 34.9 Å². The number of fused-ring (bicyclic) bond motifs is 1. The summed E-state index contributed by atoms with van der Waals surface area (Å²) in [6.07, 6.45) is 1.87. The fraction of sp³-hybridized carbons (Fsp3) is 0.222. The van der Waals surface area contributed by atoms with E-state index in [0.717, 1.165) is 26.9 Å². The Balaban J connectivity index is 2.04. The first-order valence-corrected chi connectivity index (χ1v) is 8.19. The maximum atomic E-state index is 12.7. The Hall–Kier alpha value is -2.14. The molecule has 4 nitrogen and oxygen atoms in total. The molecule has 0 aliphatic heterocycles. The van der Waals surface area contributed by atoms with Gasteiger partial charge in [0.1, 0.15) is 11.3 Å². The average Bonchev–Trinajstić information content (AvgIpc) is 2.79. The van der Waals surface area contributed by atoms with Crippen LogP contribution in [0.25, 0.3) is 5.65 Å². The van der Waals surface area contributed by atoms with Crippen molar-refractivity contribution in [2.75, 3.05) is 5.32 Å². The molecule has 2 aromatic heterocycles. The Bertz CT molecular complexity index is 928. The van der Waals surface area contributed by atoms with E-state index in [2.05, 4.69) is 33.2 Å². The summed E-state index contributed by atoms with van der Waals surface area (Å²) in [6.45, 7) is 7.92. The van der Waals surface area contributed by atoms with Gasteiger partial charge >= 0.3 is 0 Å². The van der Waals surface area contributed by atoms with Gasteiger partial charge in [-0.1, -0.05) is 6.07 Å². The number of anilines is 1. The van der Waals surface area contributed by atoms with Crippen molar-refractivity contribution in [3.8, 4) is 0 Å². The van der Waals surface area contributed by atoms with Crippen molar-refractivity contribution in [1.82, 2.24) is 9.38 Å². The highest BCUT2D eigenvalue weighted by Crippen LogP contribution is 2.22. The standard InChI is InChI=1S/C18H18BrN3O/c1-10-5-6-15(8-11(10)2)21-18(23)16-13(4)20-17-12(3)7-14(19)9-22(16)17/h5-9H,1-4H3,(H,21,23). The van der Waals surface area contributed by atoms with Gasteiger partial charge in [-0.3, -0.25) is 9.20 Å². The number of aromatic nitrogens is 2. The molecule has 5 heteroatoms. The molecule has 0 aliphatic carbocycles. The molecule has 0 unspecified atom stereocenters. The second-order valence-electron chi connectivity index (χ2n) is 5.83. The normalized spacial score (nSPS) is 11.0. The van der Waals surface area contributed by atoms with Crippen LogP contribution in [0.1, 0.15) is 32.9 Å². The lowest BCUT2D eigenvalue weighted by molar-refractivity contribution is 0.102. The summed E-state index contributed by atoms with van der Waals surface area (Å²) in [5.41, 5.74) is 6.24. The minimum Gasteiger partial charge on any atom is -0.321 e. The molecule has 0 fully saturated rings. The van der Waals surface area contributed by atoms with Gasteiger partial charge in [0, 0.05) is 16.4 Å². The van der Waals surface area contributed by atoms with E-state index < -0.39 is 0 Å². The number of halogens is 1. The summed E-state index contributed by atoms with van der Waals surface area (Å²) in [5.74, 6) is -0.157. The van der Waals surface area contributed by atoms with E-state index >= 15 is 0 Å². The minimum atomic E-state index is -0.157. The third-order valence-corrected chi connectivity index (χ3v) is 4.46. The highest BCUT2D eigenvalue weighted by atomic mass is 79.9. The number of hydrogen-bond acceptors (Lipinski definition) is 2. The molecule has 0 saturated heterocycles. The molecule has 118 valence electrons. The number of amides is 1. The lowest BCUT2D eigenvalue weighted by Gasteiger charge is -2.09. The predicted molar refractivity (Wildman–Crippen MR) is 96.2 cm³/mol. The quantitative estimate of drug-likeness (QED) is 0.716. The summed E-state index contributed by atoms with van der Waals surface area (Å²) >= 11 is 3.48. The van der Waals surface area contributed by atoms with Crippen molar-refractivity contribution in [3.05, 3.63) is 63.0 Å². The first kappa shape index (κ1) is 15.7. The Morgan fingerprint density at radius 3 is 2.52 bits per heavy atom. The zero-order chi connectivity index (χ0) is 16.7. The van der Waals surface area contributed by atoms with Crippen molar-refractivity contribution in [1.29, 1.82) is 0 Å². The van der Waals surface area contributed by atoms with Gasteiger partial charge < -0.3 is 5.32 Å². The predicted octanol–water partition coefficient (Wildman–Crippen LogP) is 4.58. The fourth-order valence-corrected chi connectivity index (χ4v) is 3.21. The zero-order valence-electron chi connectivity index (χ0n) is 13.6. The van der Waals surface area contributed by atoms with E-state index in [1.165, 1.54) is 5.56 Å². The number of pyridine rings is 1. The SMILES string of the molecule is Cc1ccc(NC(=O)c2c(C)nc3c(C)cc(Br)cn23)cc1C. The van der Waals surface area contributed by atoms with E-state index in [4.69, 9.17) is 0 Å². The fourth-order valence-electron chi connectivity index (χ4n) is 2.66. The molecule has 0 aliphatic rings. The topological polar surface area (TPSA) is 46.4 Å². The first-order chi connectivity index (χ1) is 10.9. The van der Waals surface area contributed by atoms with E-state index in [1.807, 2.05) is 55.6 Å². The Labute approximate surface area is 143 Å². The van der Waals surface area contributed by atoms with E-state index in [-0.39, 0.29) is 5.91 Å². The molecule has 2 heterocycles. The molecular weight excluding hydrogens is 354 g/mol. The Morgan fingerprint density at radius 2 is 1.83 bits per heavy atom. The average molecular weight is 372 g/mol. The lowest BCUT2D eigenvalue weighted by Crippen LogP contribution is -2.15. The highest BCUT2D eigenvalue weighted by molar-refractivity contribution is 9.10. The van der Waals surface area contributed by atoms with Gasteiger partial charge in [0.05, 0.1) is 5.69 Å². The number of hydrogen-bond donors (Lipinski definition) is 1. The Kier molecular flexibility index (Phi) is 3.98. The van der Waals surface area contributed by atoms with Gasteiger partial charge in [-0.15, -0.1) is 0 Å². The largest absolute Gasteiger partial charge is 0.321 e. The van der Waals surface area contributed by atoms with Crippen LogP contribution < -0.4 is 5.32 Å². The number of rotatable bonds is 2. The molecule has 0 saturated carbocycles. The van der Waals surface area contributed by atoms with Crippen LogP contribution in [0.4, 0.5) is 5.69 Å². The van der Waals surface area contributed by atoms with Crippen molar-refractivity contribution in [3.63, 3.8) is 0 Å². The second kappa shape index (κ2) is 5.81. The third kappa shape index (κ3) is 2.88. The molecule has 3 aromatic rings. The number of carbonyl (C=O) groups is 1. The van der Waals surface area contributed by atoms with Gasteiger partial charge in [0.25, 0.3) is 5.91 Å². The van der Waals surface area contributed by atoms with Crippen LogP contribution in [-0.2, 0) is 0 Å². The monoisotopic (exact) mass is 371 g/mol. The Morgan fingerprint density at radius 1 is 1.09 bits per heavy atom. The number of carbonyl (C=O) groups excluding carboxylic acids is 1. The number of nitrogens with zero attached hydrogens (tertiary/aromatic N) is 2. The van der Waals surface area contributed by atoms with Crippen LogP contribution in [-0.4, -0.2) is 15.3 Å². The van der Waals surface area contributed by atoms with Gasteiger partial charge in [-0.25, -0.2) is 4.98 Å². The molecule has 1 N–H and O–H groups in total. The summed E-state index contributed by atoms with van der Waals surface area (Å²) in [4.78, 5) is 17.3. The van der Waals surface area contributed by atoms with Crippen molar-refractivity contribution in [2.45, 2.75) is 27.7 Å². The molecule has 3 rings (SSSR count). The second-order valence-corrected chi connectivity index (χ2v) is 6.75. The van der Waals surface area contributed by atoms with Crippen LogP contribution in [0.3, 0.4) is 0 Å². The number of benzene rings is 1. The summed E-state index contributed by atoms with van der Waals surface area (Å²) in [7, 11) is 0. The third-order valence-electron chi connectivity index (χ3n) is 4.02. The summed E-state index contributed by atoms with van der Waals surface area (Å²) in [5, 5.41) is 2.97. The number of imidazole rings is 1. The van der Waals surface area contributed by atoms with Crippen LogP contribution >= 0.6 is 15.9 Å². The maximum absolute atomic E-state index is 12.7. The summed E-state index contributed by atoms with van der Waals surface area (Å²) in [6, 6.07) is 7.90. The molecule has 1 aromatic carbocycles. The molecule has 0 radical (unpaired) electrons. The van der Waals surface area contributed by atoms with Crippen molar-refractivity contribution >= 4 is 33.2 Å². The summed E-state index contributed by atoms with van der Waals surface area (Å²) < 4.78 is 2.76. The number of aryl methyl sites for hydroxylation is 4. The molecule has 0 spiro atoms. The van der Waals surface area contributed by atoms with Crippen LogP contribution in [0.5, 0.6) is 0 Å². The molecule has 1 amide bonds. The number of nitrogens with one attached hydrogen (secondary N) is 1. The van der Waals surface area contributed by atoms with Gasteiger partial charge in [-0.05, 0) is 78.5 Å². The van der Waals surface area contributed by atoms with E-state index in [1.54, 1.807) is 0 Å². The van der Waals surface area contributed by atoms with Gasteiger partial charge in [0.2, 0.25) is 0 Å². The smallest absolute Gasteiger partial charge is 0.274 e. The molecular formula is C18H18BrN3O. The first-order valence-electron chi connectivity index (χ1n) is 7.40. The van der Waals surface area contributed by atoms with Crippen molar-refractivity contribution < 1.29 is 4.79 Å². The van der Waals surface area contributed by atoms with Crippen LogP contribution in [0, 0.1) is 27.7 Å². The van der Waals surface area contributed by atoms with Gasteiger partial charge in [0.15, 0.2) is 0 Å². The highest BCUT2D eigenvalue weighted by Gasteiger charge is 2.18. The molecule has 23 heavy (non-hydrogen) atoms. The van der Waals surface area contributed by atoms with Gasteiger partial charge in [-0.2, -0.15) is 0 Å². The van der Waals surface area contributed by atoms with Crippen LogP contribution in [0.2, 0.25) is 0 Å². The molecule has 0 bridgehead atoms. The minimum absolute atomic E-state index is 0.157. The lowest BCUT2D eigenvalue weighted by atomic mass is 10.1. The maximum Gasteiger partial charge on any atom is 0.274 e. The van der Waals surface area contributed by atoms with Crippen molar-refractivity contribution in [2.24, 2.45) is 0 Å². The zero-order valence-corrected chi connectivity index (χ0v) is 15.2. The molecule has 0 atom stereocenters.